The smallest absolute Gasteiger partial charge is 0.248 e. The Morgan fingerprint density at radius 1 is 1.14 bits per heavy atom. The largest absolute Gasteiger partial charge is 0.355 e. The number of amides is 1. The fourth-order valence-corrected chi connectivity index (χ4v) is 6.08. The Morgan fingerprint density at radius 3 is 2.63 bits per heavy atom. The predicted molar refractivity (Wildman–Crippen MR) is 138 cm³/mol. The van der Waals surface area contributed by atoms with Gasteiger partial charge in [-0.2, -0.15) is 4.31 Å². The molecule has 1 aliphatic rings. The van der Waals surface area contributed by atoms with Gasteiger partial charge in [-0.1, -0.05) is 58.7 Å². The Labute approximate surface area is 210 Å². The van der Waals surface area contributed by atoms with Gasteiger partial charge in [-0.05, 0) is 62.9 Å². The maximum atomic E-state index is 13.6. The minimum absolute atomic E-state index is 0.0348. The van der Waals surface area contributed by atoms with Gasteiger partial charge in [0, 0.05) is 23.8 Å². The Morgan fingerprint density at radius 2 is 1.89 bits per heavy atom. The second-order valence-corrected chi connectivity index (χ2v) is 11.1. The van der Waals surface area contributed by atoms with Gasteiger partial charge >= 0.3 is 0 Å². The van der Waals surface area contributed by atoms with Crippen molar-refractivity contribution in [2.24, 2.45) is 5.92 Å². The summed E-state index contributed by atoms with van der Waals surface area (Å²) < 4.78 is 33.9. The molecule has 1 amide bonds. The first kappa shape index (κ1) is 25.2. The number of hydrogen-bond acceptors (Lipinski definition) is 5. The molecule has 1 saturated heterocycles. The Balaban J connectivity index is 1.54. The topological polar surface area (TPSA) is 92.5 Å². The highest BCUT2D eigenvalue weighted by Crippen LogP contribution is 2.30. The van der Waals surface area contributed by atoms with E-state index in [-0.39, 0.29) is 28.8 Å². The van der Waals surface area contributed by atoms with Gasteiger partial charge in [0.1, 0.15) is 5.69 Å². The lowest BCUT2D eigenvalue weighted by atomic mass is 9.98. The molecule has 184 valence electrons. The molecule has 0 bridgehead atoms. The standard InChI is InChI=1S/C26H28ClN3O4S/c1-17-9-11-20(12-10-17)13-14-24-25(19(3)29-34-24)35(32,33)30-15-5-6-21(16-30)26(31)28-23-8-4-7-22(27)18(23)2/h4,7-14,21H,5-6,15-16H2,1-3H3,(H,28,31)/b14-13+. The van der Waals surface area contributed by atoms with Gasteiger partial charge in [0.25, 0.3) is 0 Å². The second kappa shape index (κ2) is 10.4. The fourth-order valence-electron chi connectivity index (χ4n) is 4.13. The highest BCUT2D eigenvalue weighted by molar-refractivity contribution is 7.89. The fraction of sp³-hybridized carbons (Fsp3) is 0.308. The van der Waals surface area contributed by atoms with E-state index in [2.05, 4.69) is 10.5 Å². The normalized spacial score (nSPS) is 17.1. The third-order valence-electron chi connectivity index (χ3n) is 6.22. The van der Waals surface area contributed by atoms with Crippen molar-refractivity contribution >= 4 is 45.4 Å². The maximum Gasteiger partial charge on any atom is 0.248 e. The van der Waals surface area contributed by atoms with Crippen LogP contribution >= 0.6 is 11.6 Å². The zero-order chi connectivity index (χ0) is 25.2. The summed E-state index contributed by atoms with van der Waals surface area (Å²) >= 11 is 6.17. The second-order valence-electron chi connectivity index (χ2n) is 8.81. The number of halogens is 1. The average Bonchev–Trinajstić information content (AvgIpc) is 3.22. The summed E-state index contributed by atoms with van der Waals surface area (Å²) in [5, 5.41) is 7.37. The van der Waals surface area contributed by atoms with E-state index in [1.807, 2.05) is 38.1 Å². The Kier molecular flexibility index (Phi) is 7.44. The van der Waals surface area contributed by atoms with Crippen LogP contribution < -0.4 is 5.32 Å². The lowest BCUT2D eigenvalue weighted by Crippen LogP contribution is -2.44. The molecule has 0 aliphatic carbocycles. The number of carbonyl (C=O) groups is 1. The molecule has 35 heavy (non-hydrogen) atoms. The summed E-state index contributed by atoms with van der Waals surface area (Å²) in [6.45, 7) is 5.85. The SMILES string of the molecule is Cc1ccc(/C=C/c2onc(C)c2S(=O)(=O)N2CCCC(C(=O)Nc3cccc(Cl)c3C)C2)cc1. The summed E-state index contributed by atoms with van der Waals surface area (Å²) in [7, 11) is -3.92. The van der Waals surface area contributed by atoms with Gasteiger partial charge in [0.15, 0.2) is 10.7 Å². The lowest BCUT2D eigenvalue weighted by molar-refractivity contribution is -0.120. The third kappa shape index (κ3) is 5.50. The van der Waals surface area contributed by atoms with E-state index < -0.39 is 15.9 Å². The van der Waals surface area contributed by atoms with Crippen LogP contribution in [-0.2, 0) is 14.8 Å². The molecule has 1 unspecified atom stereocenters. The molecule has 3 aromatic rings. The van der Waals surface area contributed by atoms with Crippen molar-refractivity contribution in [3.63, 3.8) is 0 Å². The zero-order valence-corrected chi connectivity index (χ0v) is 21.5. The van der Waals surface area contributed by atoms with Crippen molar-refractivity contribution in [2.75, 3.05) is 18.4 Å². The molecule has 2 heterocycles. The summed E-state index contributed by atoms with van der Waals surface area (Å²) in [4.78, 5) is 13.0. The van der Waals surface area contributed by atoms with E-state index in [4.69, 9.17) is 16.1 Å². The van der Waals surface area contributed by atoms with Crippen molar-refractivity contribution in [3.05, 3.63) is 75.6 Å². The van der Waals surface area contributed by atoms with Crippen molar-refractivity contribution in [1.82, 2.24) is 9.46 Å². The number of benzene rings is 2. The minimum atomic E-state index is -3.92. The minimum Gasteiger partial charge on any atom is -0.355 e. The number of carbonyl (C=O) groups excluding carboxylic acids is 1. The molecular weight excluding hydrogens is 486 g/mol. The Hall–Kier alpha value is -2.94. The van der Waals surface area contributed by atoms with E-state index in [1.54, 1.807) is 37.3 Å². The first-order valence-electron chi connectivity index (χ1n) is 11.4. The van der Waals surface area contributed by atoms with Crippen molar-refractivity contribution < 1.29 is 17.7 Å². The van der Waals surface area contributed by atoms with Gasteiger partial charge in [-0.15, -0.1) is 0 Å². The lowest BCUT2D eigenvalue weighted by Gasteiger charge is -2.31. The monoisotopic (exact) mass is 513 g/mol. The molecule has 1 aliphatic heterocycles. The number of aromatic nitrogens is 1. The van der Waals surface area contributed by atoms with Gasteiger partial charge in [-0.3, -0.25) is 4.79 Å². The predicted octanol–water partition coefficient (Wildman–Crippen LogP) is 5.46. The van der Waals surface area contributed by atoms with Gasteiger partial charge < -0.3 is 9.84 Å². The van der Waals surface area contributed by atoms with Crippen LogP contribution in [0.5, 0.6) is 0 Å². The Bertz CT molecular complexity index is 1360. The quantitative estimate of drug-likeness (QED) is 0.472. The first-order valence-corrected chi connectivity index (χ1v) is 13.3. The van der Waals surface area contributed by atoms with Crippen LogP contribution in [0.2, 0.25) is 5.02 Å². The van der Waals surface area contributed by atoms with Crippen LogP contribution in [0.25, 0.3) is 12.2 Å². The number of aryl methyl sites for hydroxylation is 2. The number of rotatable bonds is 6. The molecule has 1 aromatic heterocycles. The molecule has 0 radical (unpaired) electrons. The van der Waals surface area contributed by atoms with Gasteiger partial charge in [0.05, 0.1) is 5.92 Å². The van der Waals surface area contributed by atoms with E-state index >= 15 is 0 Å². The van der Waals surface area contributed by atoms with E-state index in [0.717, 1.165) is 16.7 Å². The molecule has 2 aromatic carbocycles. The summed E-state index contributed by atoms with van der Waals surface area (Å²) in [6.07, 6.45) is 4.58. The molecule has 1 N–H and O–H groups in total. The average molecular weight is 514 g/mol. The molecule has 9 heteroatoms. The van der Waals surface area contributed by atoms with E-state index in [9.17, 15) is 13.2 Å². The number of nitrogens with zero attached hydrogens (tertiary/aromatic N) is 2. The molecule has 1 fully saturated rings. The molecule has 1 atom stereocenters. The zero-order valence-electron chi connectivity index (χ0n) is 19.9. The number of piperidine rings is 1. The van der Waals surface area contributed by atoms with E-state index in [0.29, 0.717) is 30.1 Å². The molecule has 7 nitrogen and oxygen atoms in total. The summed E-state index contributed by atoms with van der Waals surface area (Å²) in [6, 6.07) is 13.1. The first-order chi connectivity index (χ1) is 16.7. The number of nitrogens with one attached hydrogen (secondary N) is 1. The van der Waals surface area contributed by atoms with E-state index in [1.165, 1.54) is 4.31 Å². The van der Waals surface area contributed by atoms with Crippen LogP contribution in [-0.4, -0.2) is 36.9 Å². The summed E-state index contributed by atoms with van der Waals surface area (Å²) in [5.41, 5.74) is 3.73. The number of sulfonamides is 1. The van der Waals surface area contributed by atoms with Crippen LogP contribution in [0.4, 0.5) is 5.69 Å². The van der Waals surface area contributed by atoms with Crippen molar-refractivity contribution in [1.29, 1.82) is 0 Å². The third-order valence-corrected chi connectivity index (χ3v) is 8.65. The molecule has 0 spiro atoms. The maximum absolute atomic E-state index is 13.6. The molecule has 4 rings (SSSR count). The van der Waals surface area contributed by atoms with Crippen LogP contribution in [0, 0.1) is 26.7 Å². The van der Waals surface area contributed by atoms with Crippen LogP contribution in [0.15, 0.2) is 51.9 Å². The van der Waals surface area contributed by atoms with Crippen LogP contribution in [0.3, 0.4) is 0 Å². The summed E-state index contributed by atoms with van der Waals surface area (Å²) in [5.74, 6) is -0.537. The number of anilines is 1. The van der Waals surface area contributed by atoms with Gasteiger partial charge in [-0.25, -0.2) is 8.42 Å². The van der Waals surface area contributed by atoms with Crippen molar-refractivity contribution in [3.8, 4) is 0 Å². The molecular formula is C26H28ClN3O4S. The van der Waals surface area contributed by atoms with Gasteiger partial charge in [0.2, 0.25) is 15.9 Å². The highest BCUT2D eigenvalue weighted by Gasteiger charge is 2.37. The molecule has 0 saturated carbocycles. The highest BCUT2D eigenvalue weighted by atomic mass is 35.5. The van der Waals surface area contributed by atoms with Crippen molar-refractivity contribution in [2.45, 2.75) is 38.5 Å². The van der Waals surface area contributed by atoms with Crippen LogP contribution in [0.1, 0.15) is 41.0 Å². The number of hydrogen-bond donors (Lipinski definition) is 1.